The molecule has 1 fully saturated rings. The zero-order valence-corrected chi connectivity index (χ0v) is 12.0. The minimum Gasteiger partial charge on any atom is -0.491 e. The molecule has 0 saturated heterocycles. The second-order valence-corrected chi connectivity index (χ2v) is 5.94. The van der Waals surface area contributed by atoms with Gasteiger partial charge in [-0.25, -0.2) is 0 Å². The highest BCUT2D eigenvalue weighted by atomic mass is 16.5. The number of Topliss-reactive ketones (excluding diaryl/α,β-unsaturated/α-hetero) is 1. The van der Waals surface area contributed by atoms with Gasteiger partial charge in [0.1, 0.15) is 5.75 Å². The summed E-state index contributed by atoms with van der Waals surface area (Å²) in [6.45, 7) is 5.96. The zero-order valence-electron chi connectivity index (χ0n) is 12.0. The molecule has 0 spiro atoms. The van der Waals surface area contributed by atoms with Crippen molar-refractivity contribution in [2.24, 2.45) is 11.1 Å². The molecule has 2 unspecified atom stereocenters. The predicted molar refractivity (Wildman–Crippen MR) is 76.5 cm³/mol. The Kier molecular flexibility index (Phi) is 3.95. The molecule has 3 heteroatoms. The van der Waals surface area contributed by atoms with Gasteiger partial charge in [0.05, 0.1) is 6.10 Å². The maximum absolute atomic E-state index is 12.6. The van der Waals surface area contributed by atoms with E-state index in [4.69, 9.17) is 10.5 Å². The van der Waals surface area contributed by atoms with Crippen molar-refractivity contribution < 1.29 is 9.53 Å². The first-order valence-corrected chi connectivity index (χ1v) is 7.00. The normalized spacial score (nSPS) is 26.7. The summed E-state index contributed by atoms with van der Waals surface area (Å²) in [6.07, 6.45) is 3.01. The maximum Gasteiger partial charge on any atom is 0.170 e. The van der Waals surface area contributed by atoms with Crippen LogP contribution in [0.1, 0.15) is 50.4 Å². The van der Waals surface area contributed by atoms with Crippen molar-refractivity contribution in [3.8, 4) is 5.75 Å². The van der Waals surface area contributed by atoms with Gasteiger partial charge in [-0.15, -0.1) is 0 Å². The smallest absolute Gasteiger partial charge is 0.170 e. The molecule has 1 saturated carbocycles. The highest BCUT2D eigenvalue weighted by Crippen LogP contribution is 2.39. The summed E-state index contributed by atoms with van der Waals surface area (Å²) < 4.78 is 5.58. The third kappa shape index (κ3) is 2.81. The van der Waals surface area contributed by atoms with Crippen LogP contribution in [0.25, 0.3) is 0 Å². The van der Waals surface area contributed by atoms with Crippen molar-refractivity contribution >= 4 is 5.78 Å². The van der Waals surface area contributed by atoms with Gasteiger partial charge < -0.3 is 10.5 Å². The van der Waals surface area contributed by atoms with Crippen LogP contribution in [0.5, 0.6) is 5.75 Å². The summed E-state index contributed by atoms with van der Waals surface area (Å²) >= 11 is 0. The molecule has 0 radical (unpaired) electrons. The molecule has 1 aliphatic rings. The molecular formula is C16H23NO2. The van der Waals surface area contributed by atoms with Gasteiger partial charge in [0, 0.05) is 17.0 Å². The van der Waals surface area contributed by atoms with Crippen molar-refractivity contribution in [3.63, 3.8) is 0 Å². The molecule has 104 valence electrons. The van der Waals surface area contributed by atoms with Gasteiger partial charge in [-0.05, 0) is 51.0 Å². The van der Waals surface area contributed by atoms with E-state index >= 15 is 0 Å². The van der Waals surface area contributed by atoms with Crippen LogP contribution in [-0.2, 0) is 0 Å². The SMILES string of the molecule is CC(C)Oc1ccc(C(=O)C2(C)CCCC2N)cc1. The molecular weight excluding hydrogens is 238 g/mol. The molecule has 0 heterocycles. The first-order chi connectivity index (χ1) is 8.93. The lowest BCUT2D eigenvalue weighted by Gasteiger charge is -2.27. The van der Waals surface area contributed by atoms with Crippen LogP contribution in [0.15, 0.2) is 24.3 Å². The molecule has 0 aliphatic heterocycles. The Morgan fingerprint density at radius 3 is 2.47 bits per heavy atom. The molecule has 0 bridgehead atoms. The Balaban J connectivity index is 2.16. The largest absolute Gasteiger partial charge is 0.491 e. The number of ether oxygens (including phenoxy) is 1. The van der Waals surface area contributed by atoms with Gasteiger partial charge in [0.2, 0.25) is 0 Å². The van der Waals surface area contributed by atoms with Crippen molar-refractivity contribution in [2.75, 3.05) is 0 Å². The van der Waals surface area contributed by atoms with Gasteiger partial charge in [-0.2, -0.15) is 0 Å². The molecule has 2 rings (SSSR count). The minimum absolute atomic E-state index is 0.0217. The summed E-state index contributed by atoms with van der Waals surface area (Å²) in [5.74, 6) is 0.959. The Hall–Kier alpha value is -1.35. The van der Waals surface area contributed by atoms with Crippen molar-refractivity contribution in [3.05, 3.63) is 29.8 Å². The molecule has 2 N–H and O–H groups in total. The number of rotatable bonds is 4. The second-order valence-electron chi connectivity index (χ2n) is 5.94. The number of hydrogen-bond donors (Lipinski definition) is 1. The van der Waals surface area contributed by atoms with E-state index < -0.39 is 5.41 Å². The Morgan fingerprint density at radius 2 is 2.00 bits per heavy atom. The maximum atomic E-state index is 12.6. The van der Waals surface area contributed by atoms with Crippen LogP contribution < -0.4 is 10.5 Å². The first-order valence-electron chi connectivity index (χ1n) is 7.00. The Bertz CT molecular complexity index is 452. The average Bonchev–Trinajstić information content (AvgIpc) is 2.70. The number of benzene rings is 1. The van der Waals surface area contributed by atoms with Gasteiger partial charge in [-0.1, -0.05) is 13.3 Å². The van der Waals surface area contributed by atoms with E-state index in [1.807, 2.05) is 45.0 Å². The van der Waals surface area contributed by atoms with Gasteiger partial charge in [0.15, 0.2) is 5.78 Å². The van der Waals surface area contributed by atoms with Crippen LogP contribution in [0.3, 0.4) is 0 Å². The second kappa shape index (κ2) is 5.33. The number of carbonyl (C=O) groups excluding carboxylic acids is 1. The standard InChI is InChI=1S/C16H23NO2/c1-11(2)19-13-8-6-12(7-9-13)15(18)16(3)10-4-5-14(16)17/h6-9,11,14H,4-5,10,17H2,1-3H3. The van der Waals surface area contributed by atoms with Crippen LogP contribution in [0.2, 0.25) is 0 Å². The molecule has 2 atom stereocenters. The summed E-state index contributed by atoms with van der Waals surface area (Å²) in [7, 11) is 0. The molecule has 1 aromatic carbocycles. The fourth-order valence-electron chi connectivity index (χ4n) is 2.76. The van der Waals surface area contributed by atoms with Gasteiger partial charge in [0.25, 0.3) is 0 Å². The number of ketones is 1. The van der Waals surface area contributed by atoms with Crippen molar-refractivity contribution in [2.45, 2.75) is 52.2 Å². The average molecular weight is 261 g/mol. The summed E-state index contributed by atoms with van der Waals surface area (Å²) in [6, 6.07) is 7.38. The van der Waals surface area contributed by atoms with E-state index in [0.29, 0.717) is 0 Å². The molecule has 19 heavy (non-hydrogen) atoms. The van der Waals surface area contributed by atoms with E-state index in [1.165, 1.54) is 0 Å². The molecule has 1 aromatic rings. The van der Waals surface area contributed by atoms with Crippen molar-refractivity contribution in [1.29, 1.82) is 0 Å². The highest BCUT2D eigenvalue weighted by Gasteiger charge is 2.42. The van der Waals surface area contributed by atoms with Crippen LogP contribution in [0.4, 0.5) is 0 Å². The lowest BCUT2D eigenvalue weighted by molar-refractivity contribution is 0.0802. The Labute approximate surface area is 115 Å². The first kappa shape index (κ1) is 14.1. The zero-order chi connectivity index (χ0) is 14.0. The number of hydrogen-bond acceptors (Lipinski definition) is 3. The quantitative estimate of drug-likeness (QED) is 0.847. The lowest BCUT2D eigenvalue weighted by Crippen LogP contribution is -2.41. The monoisotopic (exact) mass is 261 g/mol. The van der Waals surface area contributed by atoms with Crippen molar-refractivity contribution in [1.82, 2.24) is 0 Å². The fraction of sp³-hybridized carbons (Fsp3) is 0.562. The lowest BCUT2D eigenvalue weighted by atomic mass is 9.78. The Morgan fingerprint density at radius 1 is 1.37 bits per heavy atom. The highest BCUT2D eigenvalue weighted by molar-refractivity contribution is 6.01. The van der Waals surface area contributed by atoms with Crippen LogP contribution in [-0.4, -0.2) is 17.9 Å². The van der Waals surface area contributed by atoms with Gasteiger partial charge in [-0.3, -0.25) is 4.79 Å². The molecule has 1 aliphatic carbocycles. The van der Waals surface area contributed by atoms with E-state index in [9.17, 15) is 4.79 Å². The van der Waals surface area contributed by atoms with Gasteiger partial charge >= 0.3 is 0 Å². The fourth-order valence-corrected chi connectivity index (χ4v) is 2.76. The third-order valence-corrected chi connectivity index (χ3v) is 4.04. The van der Waals surface area contributed by atoms with E-state index in [0.717, 1.165) is 30.6 Å². The molecule has 0 aromatic heterocycles. The summed E-state index contributed by atoms with van der Waals surface area (Å²) in [4.78, 5) is 12.6. The van der Waals surface area contributed by atoms with Crippen LogP contribution in [0, 0.1) is 5.41 Å². The predicted octanol–water partition coefficient (Wildman–Crippen LogP) is 3.17. The summed E-state index contributed by atoms with van der Waals surface area (Å²) in [5, 5.41) is 0. The van der Waals surface area contributed by atoms with Crippen LogP contribution >= 0.6 is 0 Å². The topological polar surface area (TPSA) is 52.3 Å². The third-order valence-electron chi connectivity index (χ3n) is 4.04. The molecule has 3 nitrogen and oxygen atoms in total. The van der Waals surface area contributed by atoms with E-state index in [2.05, 4.69) is 0 Å². The summed E-state index contributed by atoms with van der Waals surface area (Å²) in [5.41, 5.74) is 6.43. The molecule has 0 amide bonds. The minimum atomic E-state index is -0.402. The number of carbonyl (C=O) groups is 1. The number of nitrogens with two attached hydrogens (primary N) is 1. The van der Waals surface area contributed by atoms with E-state index in [1.54, 1.807) is 0 Å². The van der Waals surface area contributed by atoms with E-state index in [-0.39, 0.29) is 17.9 Å².